The Morgan fingerprint density at radius 2 is 1.59 bits per heavy atom. The molecule has 1 fully saturated rings. The Hall–Kier alpha value is -5.45. The van der Waals surface area contributed by atoms with Gasteiger partial charge < -0.3 is 33.7 Å². The Morgan fingerprint density at radius 1 is 0.911 bits per heavy atom. The number of carbonyl (C=O) groups excluding carboxylic acids is 3. The molecule has 1 aromatic heterocycles. The van der Waals surface area contributed by atoms with Crippen molar-refractivity contribution in [3.8, 4) is 5.75 Å². The zero-order valence-electron chi connectivity index (χ0n) is 30.1. The molecule has 296 valence electrons. The maximum absolute atomic E-state index is 14.2. The predicted octanol–water partition coefficient (Wildman–Crippen LogP) is 5.70. The highest BCUT2D eigenvalue weighted by Gasteiger charge is 2.43. The molecule has 2 aliphatic heterocycles. The van der Waals surface area contributed by atoms with E-state index < -0.39 is 67.2 Å². The first-order valence-corrected chi connectivity index (χ1v) is 18.9. The van der Waals surface area contributed by atoms with Crippen LogP contribution in [-0.4, -0.2) is 66.3 Å². The van der Waals surface area contributed by atoms with E-state index in [1.165, 1.54) is 9.47 Å². The van der Waals surface area contributed by atoms with E-state index in [0.29, 0.717) is 6.07 Å². The van der Waals surface area contributed by atoms with Crippen LogP contribution in [0.25, 0.3) is 0 Å². The lowest BCUT2D eigenvalue weighted by Gasteiger charge is -2.34. The standard InChI is InChI=1S/C38H38F2N3O12P/c1-25-21-50-32-20-42-19-30(36(45)41-18-28-13-14-29(39)17-31(28)40)34(44)35(33(42)37(46)43(25)32)51-24-52-38(47)49-15-8-16-53-56(48,54-22-26-9-4-2-5-10-26)55-23-27-11-6-3-7-12-27/h2-7,9-14,17,19,25,32H,8,15-16,18,20-24H2,1H3,(H,41,45)/t25-,32+/m0/s1. The van der Waals surface area contributed by atoms with Crippen LogP contribution in [-0.2, 0) is 58.7 Å². The quantitative estimate of drug-likeness (QED) is 0.0600. The van der Waals surface area contributed by atoms with Crippen molar-refractivity contribution in [3.05, 3.63) is 135 Å². The second-order valence-electron chi connectivity index (χ2n) is 12.6. The first kappa shape index (κ1) is 40.2. The average Bonchev–Trinajstić information content (AvgIpc) is 3.57. The number of amides is 2. The Morgan fingerprint density at radius 3 is 2.25 bits per heavy atom. The fourth-order valence-corrected chi connectivity index (χ4v) is 7.02. The van der Waals surface area contributed by atoms with Crippen LogP contribution >= 0.6 is 7.82 Å². The van der Waals surface area contributed by atoms with Gasteiger partial charge in [0.2, 0.25) is 18.0 Å². The Labute approximate surface area is 319 Å². The predicted molar refractivity (Wildman–Crippen MR) is 192 cm³/mol. The topological polar surface area (TPSA) is 170 Å². The van der Waals surface area contributed by atoms with E-state index >= 15 is 0 Å². The fourth-order valence-electron chi connectivity index (χ4n) is 5.83. The van der Waals surface area contributed by atoms with Gasteiger partial charge in [0.15, 0.2) is 11.9 Å². The van der Waals surface area contributed by atoms with Gasteiger partial charge in [-0.05, 0) is 24.1 Å². The average molecular weight is 798 g/mol. The maximum atomic E-state index is 14.2. The Bertz CT molecular complexity index is 2090. The molecule has 2 atom stereocenters. The zero-order valence-corrected chi connectivity index (χ0v) is 31.0. The molecule has 15 nitrogen and oxygen atoms in total. The fraction of sp³-hybridized carbons (Fsp3) is 0.316. The van der Waals surface area contributed by atoms with Gasteiger partial charge >= 0.3 is 14.0 Å². The van der Waals surface area contributed by atoms with Gasteiger partial charge in [0.05, 0.1) is 45.6 Å². The summed E-state index contributed by atoms with van der Waals surface area (Å²) in [5.74, 6) is -3.81. The summed E-state index contributed by atoms with van der Waals surface area (Å²) in [5.41, 5.74) is -0.203. The number of phosphoric ester groups is 1. The number of hydrogen-bond donors (Lipinski definition) is 1. The molecule has 56 heavy (non-hydrogen) atoms. The molecule has 1 N–H and O–H groups in total. The number of ether oxygens (including phenoxy) is 4. The van der Waals surface area contributed by atoms with Crippen molar-refractivity contribution in [1.29, 1.82) is 0 Å². The number of fused-ring (bicyclic) bond motifs is 2. The number of hydrogen-bond acceptors (Lipinski definition) is 12. The minimum absolute atomic E-state index is 0.0336. The number of aromatic nitrogens is 1. The molecule has 0 aliphatic carbocycles. The number of halogens is 2. The van der Waals surface area contributed by atoms with Gasteiger partial charge in [-0.2, -0.15) is 0 Å². The molecule has 0 saturated carbocycles. The van der Waals surface area contributed by atoms with E-state index in [0.717, 1.165) is 29.5 Å². The smallest absolute Gasteiger partial charge is 0.451 e. The molecule has 6 rings (SSSR count). The van der Waals surface area contributed by atoms with Gasteiger partial charge in [0.1, 0.15) is 17.2 Å². The summed E-state index contributed by atoms with van der Waals surface area (Å²) in [6.07, 6.45) is -0.661. The maximum Gasteiger partial charge on any atom is 0.511 e. The Kier molecular flexibility index (Phi) is 13.3. The third-order valence-electron chi connectivity index (χ3n) is 8.64. The van der Waals surface area contributed by atoms with Crippen LogP contribution in [0.5, 0.6) is 5.75 Å². The first-order valence-electron chi connectivity index (χ1n) is 17.5. The van der Waals surface area contributed by atoms with E-state index in [2.05, 4.69) is 5.32 Å². The molecule has 0 unspecified atom stereocenters. The SMILES string of the molecule is C[C@H]1CO[C@@H]2Cn3cc(C(=O)NCc4ccc(F)cc4F)c(=O)c(OCOC(=O)OCCCOP(=O)(OCc4ccccc4)OCc4ccccc4)c3C(=O)N12. The van der Waals surface area contributed by atoms with Crippen molar-refractivity contribution in [3.63, 3.8) is 0 Å². The number of nitrogens with zero attached hydrogens (tertiary/aromatic N) is 2. The zero-order chi connectivity index (χ0) is 39.7. The molecule has 0 radical (unpaired) electrons. The molecular weight excluding hydrogens is 759 g/mol. The van der Waals surface area contributed by atoms with Crippen LogP contribution < -0.4 is 15.5 Å². The first-order chi connectivity index (χ1) is 27.0. The van der Waals surface area contributed by atoms with Crippen LogP contribution in [0, 0.1) is 11.6 Å². The second-order valence-corrected chi connectivity index (χ2v) is 14.3. The van der Waals surface area contributed by atoms with Gasteiger partial charge in [0.25, 0.3) is 11.8 Å². The van der Waals surface area contributed by atoms with E-state index in [1.807, 2.05) is 12.1 Å². The summed E-state index contributed by atoms with van der Waals surface area (Å²) < 4.78 is 80.2. The van der Waals surface area contributed by atoms with E-state index in [4.69, 9.17) is 32.5 Å². The number of rotatable bonds is 17. The van der Waals surface area contributed by atoms with Gasteiger partial charge in [-0.15, -0.1) is 0 Å². The highest BCUT2D eigenvalue weighted by Crippen LogP contribution is 2.51. The lowest BCUT2D eigenvalue weighted by atomic mass is 10.1. The van der Waals surface area contributed by atoms with Crippen molar-refractivity contribution in [2.24, 2.45) is 0 Å². The van der Waals surface area contributed by atoms with Gasteiger partial charge in [-0.1, -0.05) is 66.7 Å². The second kappa shape index (κ2) is 18.5. The van der Waals surface area contributed by atoms with E-state index in [-0.39, 0.29) is 69.8 Å². The minimum atomic E-state index is -4.05. The lowest BCUT2D eigenvalue weighted by Crippen LogP contribution is -2.49. The number of carbonyl (C=O) groups is 3. The number of nitrogens with one attached hydrogen (secondary N) is 1. The lowest BCUT2D eigenvalue weighted by molar-refractivity contribution is -0.00278. The highest BCUT2D eigenvalue weighted by molar-refractivity contribution is 7.48. The summed E-state index contributed by atoms with van der Waals surface area (Å²) >= 11 is 0. The van der Waals surface area contributed by atoms with Gasteiger partial charge in [0, 0.05) is 30.8 Å². The number of pyridine rings is 1. The third-order valence-corrected chi connectivity index (χ3v) is 10.0. The van der Waals surface area contributed by atoms with Crippen LogP contribution in [0.15, 0.2) is 89.9 Å². The van der Waals surface area contributed by atoms with Crippen LogP contribution in [0.2, 0.25) is 0 Å². The molecule has 4 aromatic rings. The van der Waals surface area contributed by atoms with Crippen LogP contribution in [0.1, 0.15) is 50.9 Å². The molecule has 2 amide bonds. The van der Waals surface area contributed by atoms with Crippen molar-refractivity contribution in [2.45, 2.75) is 51.9 Å². The number of benzene rings is 3. The number of phosphoric acid groups is 1. The third kappa shape index (κ3) is 10.0. The summed E-state index contributed by atoms with van der Waals surface area (Å²) in [5, 5.41) is 2.42. The molecule has 2 aliphatic rings. The summed E-state index contributed by atoms with van der Waals surface area (Å²) in [7, 11) is -4.05. The molecule has 1 saturated heterocycles. The molecule has 18 heteroatoms. The van der Waals surface area contributed by atoms with Gasteiger partial charge in [-0.25, -0.2) is 18.1 Å². The molecule has 3 aromatic carbocycles. The molecule has 0 spiro atoms. The van der Waals surface area contributed by atoms with Crippen molar-refractivity contribution in [1.82, 2.24) is 14.8 Å². The molecule has 0 bridgehead atoms. The van der Waals surface area contributed by atoms with Gasteiger partial charge in [-0.3, -0.25) is 28.0 Å². The van der Waals surface area contributed by atoms with Crippen molar-refractivity contribution < 1.29 is 60.2 Å². The molecular formula is C38H38F2N3O12P. The van der Waals surface area contributed by atoms with Crippen LogP contribution in [0.3, 0.4) is 0 Å². The van der Waals surface area contributed by atoms with Crippen molar-refractivity contribution >= 4 is 25.8 Å². The van der Waals surface area contributed by atoms with E-state index in [1.54, 1.807) is 55.5 Å². The normalized spacial score (nSPS) is 16.2. The molecule has 3 heterocycles. The summed E-state index contributed by atoms with van der Waals surface area (Å²) in [6.45, 7) is 0.276. The van der Waals surface area contributed by atoms with Crippen LogP contribution in [0.4, 0.5) is 13.6 Å². The highest BCUT2D eigenvalue weighted by atomic mass is 31.2. The van der Waals surface area contributed by atoms with E-state index in [9.17, 15) is 32.5 Å². The summed E-state index contributed by atoms with van der Waals surface area (Å²) in [6, 6.07) is 20.6. The minimum Gasteiger partial charge on any atom is -0.451 e. The van der Waals surface area contributed by atoms with Crippen molar-refractivity contribution in [2.75, 3.05) is 26.6 Å². The summed E-state index contributed by atoms with van der Waals surface area (Å²) in [4.78, 5) is 54.3. The monoisotopic (exact) mass is 797 g/mol. The largest absolute Gasteiger partial charge is 0.511 e. The Balaban J connectivity index is 1.05.